The van der Waals surface area contributed by atoms with Gasteiger partial charge in [-0.05, 0) is 137 Å². The SMILES string of the molecule is C[Si](C)(C)OC[C@H]1O[C@H](OC[C@H]2O[C@H](O)[C@H](O[Si](C)(C)C)[C@@H](O[Si](C)(C)C)[C@@H]2O[Si](C)(C)C)[C@H](O[Si](C)(C)C)[C@@H](O[Si](C)(C)C)[C@H]1O[Si](C)(C)C. The van der Waals surface area contributed by atoms with Gasteiger partial charge >= 0.3 is 0 Å². The zero-order valence-corrected chi connectivity index (χ0v) is 43.2. The quantitative estimate of drug-likeness (QED) is 0.138. The molecule has 1 N–H and O–H groups in total. The summed E-state index contributed by atoms with van der Waals surface area (Å²) in [6.45, 7) is 45.8. The molecule has 2 aliphatic rings. The van der Waals surface area contributed by atoms with Crippen molar-refractivity contribution in [3.63, 3.8) is 0 Å². The van der Waals surface area contributed by atoms with Crippen LogP contribution in [0, 0.1) is 0 Å². The summed E-state index contributed by atoms with van der Waals surface area (Å²) < 4.78 is 67.8. The van der Waals surface area contributed by atoms with Crippen LogP contribution in [0.4, 0.5) is 0 Å². The molecule has 0 spiro atoms. The molecule has 304 valence electrons. The highest BCUT2D eigenvalue weighted by Crippen LogP contribution is 2.37. The molecule has 10 atom stereocenters. The number of ether oxygens (including phenoxy) is 3. The van der Waals surface area contributed by atoms with Gasteiger partial charge in [0.25, 0.3) is 0 Å². The van der Waals surface area contributed by atoms with Crippen LogP contribution in [0.1, 0.15) is 0 Å². The summed E-state index contributed by atoms with van der Waals surface area (Å²) in [4.78, 5) is 0. The number of rotatable bonds is 18. The Labute approximate surface area is 319 Å². The van der Waals surface area contributed by atoms with Gasteiger partial charge in [0, 0.05) is 0 Å². The van der Waals surface area contributed by atoms with Crippen molar-refractivity contribution in [2.24, 2.45) is 0 Å². The van der Waals surface area contributed by atoms with Gasteiger partial charge in [0.05, 0.1) is 13.2 Å². The van der Waals surface area contributed by atoms with E-state index in [9.17, 15) is 5.11 Å². The van der Waals surface area contributed by atoms with Gasteiger partial charge < -0.3 is 50.3 Å². The maximum absolute atomic E-state index is 11.5. The maximum Gasteiger partial charge on any atom is 0.185 e. The van der Waals surface area contributed by atoms with E-state index in [2.05, 4.69) is 137 Å². The summed E-state index contributed by atoms with van der Waals surface area (Å²) in [5.41, 5.74) is 0. The van der Waals surface area contributed by atoms with Crippen molar-refractivity contribution in [2.45, 2.75) is 199 Å². The Morgan fingerprint density at radius 3 is 1.06 bits per heavy atom. The Hall–Kier alpha value is 1.08. The van der Waals surface area contributed by atoms with E-state index in [1.807, 2.05) is 0 Å². The van der Waals surface area contributed by atoms with E-state index < -0.39 is 120 Å². The Kier molecular flexibility index (Phi) is 16.7. The van der Waals surface area contributed by atoms with Crippen LogP contribution in [0.3, 0.4) is 0 Å². The standard InChI is InChI=1S/C33H78O11Si7/c1-45(2,3)36-23-25-27(40-47(7,8)9)29(42-49(13,14)15)31(44-51(19,20)21)33(38-25)35-22-24-26(39-46(4,5)6)28(41-48(10,11)12)30(32(34)37-24)43-50(16,17)18/h24-34H,22-23H2,1-21H3/t24-,25-,26-,27+,28+,29+,30-,31-,32+,33+/m1/s1. The second kappa shape index (κ2) is 17.7. The fourth-order valence-corrected chi connectivity index (χ4v) is 13.1. The lowest BCUT2D eigenvalue weighted by atomic mass is 9.98. The van der Waals surface area contributed by atoms with Gasteiger partial charge in [0.15, 0.2) is 70.8 Å². The van der Waals surface area contributed by atoms with Gasteiger partial charge in [-0.15, -0.1) is 0 Å². The minimum atomic E-state index is -2.17. The predicted molar refractivity (Wildman–Crippen MR) is 224 cm³/mol. The molecule has 0 bridgehead atoms. The Morgan fingerprint density at radius 1 is 0.373 bits per heavy atom. The van der Waals surface area contributed by atoms with E-state index in [1.54, 1.807) is 0 Å². The van der Waals surface area contributed by atoms with Crippen LogP contribution in [0.15, 0.2) is 0 Å². The second-order valence-electron chi connectivity index (χ2n) is 21.0. The van der Waals surface area contributed by atoms with Gasteiger partial charge in [-0.1, -0.05) is 0 Å². The first-order valence-electron chi connectivity index (χ1n) is 18.8. The molecule has 0 aliphatic carbocycles. The summed E-state index contributed by atoms with van der Waals surface area (Å²) >= 11 is 0. The molecule has 11 nitrogen and oxygen atoms in total. The molecule has 2 aliphatic heterocycles. The summed E-state index contributed by atoms with van der Waals surface area (Å²) in [6, 6.07) is 0. The fraction of sp³-hybridized carbons (Fsp3) is 1.00. The van der Waals surface area contributed by atoms with Gasteiger partial charge in [-0.3, -0.25) is 0 Å². The normalized spacial score (nSPS) is 32.4. The molecule has 0 saturated carbocycles. The monoisotopic (exact) mass is 846 g/mol. The largest absolute Gasteiger partial charge is 0.415 e. The highest BCUT2D eigenvalue weighted by atomic mass is 28.4. The van der Waals surface area contributed by atoms with Crippen molar-refractivity contribution in [3.05, 3.63) is 0 Å². The minimum absolute atomic E-state index is 0.0778. The summed E-state index contributed by atoms with van der Waals surface area (Å²) in [5, 5.41) is 11.5. The Morgan fingerprint density at radius 2 is 0.686 bits per heavy atom. The van der Waals surface area contributed by atoms with Gasteiger partial charge in [-0.2, -0.15) is 0 Å². The highest BCUT2D eigenvalue weighted by Gasteiger charge is 2.55. The highest BCUT2D eigenvalue weighted by molar-refractivity contribution is 6.72. The third-order valence-electron chi connectivity index (χ3n) is 7.24. The van der Waals surface area contributed by atoms with Crippen molar-refractivity contribution >= 4 is 58.2 Å². The molecule has 18 heteroatoms. The lowest BCUT2D eigenvalue weighted by Crippen LogP contribution is -2.68. The minimum Gasteiger partial charge on any atom is -0.415 e. The van der Waals surface area contributed by atoms with Crippen LogP contribution in [-0.4, -0.2) is 138 Å². The van der Waals surface area contributed by atoms with Crippen molar-refractivity contribution < 1.29 is 50.3 Å². The molecule has 0 aromatic carbocycles. The van der Waals surface area contributed by atoms with Crippen LogP contribution < -0.4 is 0 Å². The van der Waals surface area contributed by atoms with E-state index in [0.717, 1.165) is 0 Å². The smallest absolute Gasteiger partial charge is 0.185 e. The lowest BCUT2D eigenvalue weighted by molar-refractivity contribution is -0.316. The number of aliphatic hydroxyl groups excluding tert-OH is 1. The zero-order valence-electron chi connectivity index (χ0n) is 36.2. The van der Waals surface area contributed by atoms with E-state index in [1.165, 1.54) is 0 Å². The molecule has 2 heterocycles. The average Bonchev–Trinajstić information content (AvgIpc) is 2.84. The Bertz CT molecular complexity index is 1070. The topological polar surface area (TPSA) is 113 Å². The molecule has 0 aromatic rings. The number of aliphatic hydroxyl groups is 1. The fourth-order valence-electron chi connectivity index (χ4n) is 5.95. The molecule has 0 aromatic heterocycles. The predicted octanol–water partition coefficient (Wildman–Crippen LogP) is 7.62. The first kappa shape index (κ1) is 48.2. The van der Waals surface area contributed by atoms with Crippen LogP contribution in [0.25, 0.3) is 0 Å². The average molecular weight is 848 g/mol. The van der Waals surface area contributed by atoms with Crippen LogP contribution in [0.2, 0.25) is 137 Å². The molecular weight excluding hydrogens is 769 g/mol. The molecule has 0 amide bonds. The molecule has 2 rings (SSSR count). The number of hydrogen-bond acceptors (Lipinski definition) is 11. The van der Waals surface area contributed by atoms with Gasteiger partial charge in [0.2, 0.25) is 0 Å². The van der Waals surface area contributed by atoms with Crippen molar-refractivity contribution in [1.82, 2.24) is 0 Å². The third kappa shape index (κ3) is 18.3. The molecule has 51 heavy (non-hydrogen) atoms. The molecule has 2 saturated heterocycles. The van der Waals surface area contributed by atoms with Crippen molar-refractivity contribution in [3.8, 4) is 0 Å². The maximum atomic E-state index is 11.5. The van der Waals surface area contributed by atoms with Crippen molar-refractivity contribution in [1.29, 1.82) is 0 Å². The zero-order chi connectivity index (χ0) is 39.8. The van der Waals surface area contributed by atoms with Gasteiger partial charge in [-0.25, -0.2) is 0 Å². The number of hydrogen-bond donors (Lipinski definition) is 1. The lowest BCUT2D eigenvalue weighted by Gasteiger charge is -2.52. The van der Waals surface area contributed by atoms with Crippen LogP contribution >= 0.6 is 0 Å². The molecule has 0 unspecified atom stereocenters. The van der Waals surface area contributed by atoms with E-state index in [4.69, 9.17) is 45.2 Å². The summed E-state index contributed by atoms with van der Waals surface area (Å²) in [6.07, 6.45) is -6.28. The second-order valence-corrected chi connectivity index (χ2v) is 52.3. The Balaban J connectivity index is 2.64. The summed E-state index contributed by atoms with van der Waals surface area (Å²) in [7, 11) is -14.7. The van der Waals surface area contributed by atoms with E-state index >= 15 is 0 Å². The first-order valence-corrected chi connectivity index (χ1v) is 42.7. The molecule has 2 fully saturated rings. The van der Waals surface area contributed by atoms with E-state index in [-0.39, 0.29) is 6.61 Å². The van der Waals surface area contributed by atoms with E-state index in [0.29, 0.717) is 6.61 Å². The molecular formula is C33H78O11Si7. The first-order chi connectivity index (χ1) is 22.5. The van der Waals surface area contributed by atoms with Crippen molar-refractivity contribution in [2.75, 3.05) is 13.2 Å². The van der Waals surface area contributed by atoms with Crippen LogP contribution in [-0.2, 0) is 45.2 Å². The summed E-state index contributed by atoms with van der Waals surface area (Å²) in [5.74, 6) is 0. The van der Waals surface area contributed by atoms with Crippen LogP contribution in [0.5, 0.6) is 0 Å². The molecule has 0 radical (unpaired) electrons. The van der Waals surface area contributed by atoms with Gasteiger partial charge in [0.1, 0.15) is 48.8 Å². The third-order valence-corrected chi connectivity index (χ3v) is 14.2.